The number of rotatable bonds is 2. The molecule has 146 valence electrons. The predicted octanol–water partition coefficient (Wildman–Crippen LogP) is 4.22. The van der Waals surface area contributed by atoms with Crippen LogP contribution in [0.15, 0.2) is 49.2 Å². The van der Waals surface area contributed by atoms with E-state index in [1.165, 1.54) is 12.8 Å². The van der Waals surface area contributed by atoms with Crippen molar-refractivity contribution in [1.29, 1.82) is 0 Å². The minimum atomic E-state index is 0.688. The number of aromatic nitrogens is 5. The van der Waals surface area contributed by atoms with Gasteiger partial charge in [0.15, 0.2) is 11.5 Å². The number of H-pyrrole nitrogens is 1. The zero-order valence-corrected chi connectivity index (χ0v) is 16.6. The first-order valence-corrected chi connectivity index (χ1v) is 9.63. The summed E-state index contributed by atoms with van der Waals surface area (Å²) in [5.41, 5.74) is 1.70. The van der Waals surface area contributed by atoms with Gasteiger partial charge in [0.05, 0.1) is 13.4 Å². The normalized spacial score (nSPS) is 12.9. The van der Waals surface area contributed by atoms with Crippen LogP contribution in [0.2, 0.25) is 0 Å². The van der Waals surface area contributed by atoms with Gasteiger partial charge in [-0.15, -0.1) is 0 Å². The van der Waals surface area contributed by atoms with Crippen LogP contribution in [0.4, 0.5) is 5.82 Å². The second kappa shape index (κ2) is 9.64. The van der Waals surface area contributed by atoms with Gasteiger partial charge in [-0.1, -0.05) is 32.0 Å². The second-order valence-electron chi connectivity index (χ2n) is 6.03. The molecule has 0 unspecified atom stereocenters. The molecule has 0 amide bonds. The summed E-state index contributed by atoms with van der Waals surface area (Å²) >= 11 is 0. The number of nitrogens with one attached hydrogen (secondary N) is 1. The molecule has 28 heavy (non-hydrogen) atoms. The van der Waals surface area contributed by atoms with Crippen molar-refractivity contribution in [3.05, 3.63) is 49.2 Å². The van der Waals surface area contributed by atoms with E-state index in [2.05, 4.69) is 29.8 Å². The lowest BCUT2D eigenvalue weighted by molar-refractivity contribution is 0.403. The van der Waals surface area contributed by atoms with Crippen LogP contribution in [0.5, 0.6) is 5.88 Å². The van der Waals surface area contributed by atoms with Crippen LogP contribution in [-0.2, 0) is 0 Å². The van der Waals surface area contributed by atoms with Crippen LogP contribution in [0.3, 0.4) is 0 Å². The Balaban J connectivity index is 0.000000150. The minimum Gasteiger partial charge on any atom is -0.481 e. The van der Waals surface area contributed by atoms with Gasteiger partial charge >= 0.3 is 0 Å². The summed E-state index contributed by atoms with van der Waals surface area (Å²) < 4.78 is 5.12. The van der Waals surface area contributed by atoms with E-state index in [4.69, 9.17) is 4.74 Å². The van der Waals surface area contributed by atoms with Crippen molar-refractivity contribution in [2.24, 2.45) is 0 Å². The first kappa shape index (κ1) is 19.5. The summed E-state index contributed by atoms with van der Waals surface area (Å²) in [5, 5.41) is 2.21. The van der Waals surface area contributed by atoms with E-state index in [1.54, 1.807) is 26.0 Å². The zero-order valence-electron chi connectivity index (χ0n) is 16.6. The standard InChI is InChI=1S/C10H9NO.C9H11N5.C2H6/c1-12-10-9-5-3-2-4-8(9)6-7-11-10;1-2-4-14(3-1)9-7-8(11-5-10-7)12-6-13-9;1-2/h2-7H,1H3;5-6H,1-4H2,(H,10,11,12,13);1-2H3. The molecule has 7 heteroatoms. The Labute approximate surface area is 164 Å². The highest BCUT2D eigenvalue weighted by molar-refractivity contribution is 5.86. The third-order valence-electron chi connectivity index (χ3n) is 4.44. The van der Waals surface area contributed by atoms with Crippen molar-refractivity contribution in [3.63, 3.8) is 0 Å². The van der Waals surface area contributed by atoms with Crippen LogP contribution >= 0.6 is 0 Å². The van der Waals surface area contributed by atoms with Crippen LogP contribution in [-0.4, -0.2) is 45.1 Å². The number of pyridine rings is 1. The molecule has 0 spiro atoms. The molecule has 5 rings (SSSR count). The number of anilines is 1. The number of hydrogen-bond donors (Lipinski definition) is 1. The van der Waals surface area contributed by atoms with Gasteiger partial charge in [0.2, 0.25) is 5.88 Å². The fourth-order valence-corrected chi connectivity index (χ4v) is 3.18. The highest BCUT2D eigenvalue weighted by Crippen LogP contribution is 2.23. The molecular formula is C21H26N6O. The van der Waals surface area contributed by atoms with Gasteiger partial charge in [-0.25, -0.2) is 19.9 Å². The SMILES string of the molecule is CC.COc1nccc2ccccc12.c1nc(N2CCCC2)c2[nH]cnc2n1. The largest absolute Gasteiger partial charge is 0.481 e. The van der Waals surface area contributed by atoms with E-state index < -0.39 is 0 Å². The monoisotopic (exact) mass is 378 g/mol. The van der Waals surface area contributed by atoms with Crippen molar-refractivity contribution >= 4 is 27.8 Å². The van der Waals surface area contributed by atoms with Crippen LogP contribution < -0.4 is 9.64 Å². The summed E-state index contributed by atoms with van der Waals surface area (Å²) in [6.45, 7) is 6.18. The summed E-state index contributed by atoms with van der Waals surface area (Å²) in [5.74, 6) is 1.68. The quantitative estimate of drug-likeness (QED) is 0.562. The van der Waals surface area contributed by atoms with Crippen molar-refractivity contribution in [2.75, 3.05) is 25.1 Å². The molecule has 1 saturated heterocycles. The van der Waals surface area contributed by atoms with E-state index in [0.717, 1.165) is 40.8 Å². The molecule has 0 atom stereocenters. The fourth-order valence-electron chi connectivity index (χ4n) is 3.18. The van der Waals surface area contributed by atoms with Crippen molar-refractivity contribution in [1.82, 2.24) is 24.9 Å². The maximum absolute atomic E-state index is 5.12. The summed E-state index contributed by atoms with van der Waals surface area (Å²) in [6, 6.07) is 9.99. The molecule has 1 fully saturated rings. The lowest BCUT2D eigenvalue weighted by Crippen LogP contribution is -2.19. The number of benzene rings is 1. The topological polar surface area (TPSA) is 79.8 Å². The fraction of sp³-hybridized carbons (Fsp3) is 0.333. The molecule has 0 aliphatic carbocycles. The highest BCUT2D eigenvalue weighted by Gasteiger charge is 2.17. The Hall–Kier alpha value is -3.22. The van der Waals surface area contributed by atoms with E-state index in [1.807, 2.05) is 44.2 Å². The molecule has 0 radical (unpaired) electrons. The molecule has 1 N–H and O–H groups in total. The maximum Gasteiger partial charge on any atom is 0.221 e. The van der Waals surface area contributed by atoms with Crippen molar-refractivity contribution in [2.45, 2.75) is 26.7 Å². The third kappa shape index (κ3) is 4.19. The number of fused-ring (bicyclic) bond motifs is 2. The Morgan fingerprint density at radius 3 is 2.54 bits per heavy atom. The minimum absolute atomic E-state index is 0.688. The van der Waals surface area contributed by atoms with Gasteiger partial charge in [-0.2, -0.15) is 0 Å². The number of nitrogens with zero attached hydrogens (tertiary/aromatic N) is 5. The molecule has 1 aliphatic rings. The van der Waals surface area contributed by atoms with Gasteiger partial charge in [0.25, 0.3) is 0 Å². The number of ether oxygens (including phenoxy) is 1. The molecule has 1 aromatic carbocycles. The third-order valence-corrected chi connectivity index (χ3v) is 4.44. The lowest BCUT2D eigenvalue weighted by atomic mass is 10.2. The molecule has 3 aromatic heterocycles. The second-order valence-corrected chi connectivity index (χ2v) is 6.03. The maximum atomic E-state index is 5.12. The van der Waals surface area contributed by atoms with Crippen LogP contribution in [0.1, 0.15) is 26.7 Å². The van der Waals surface area contributed by atoms with Gasteiger partial charge < -0.3 is 14.6 Å². The van der Waals surface area contributed by atoms with Gasteiger partial charge in [0, 0.05) is 24.7 Å². The van der Waals surface area contributed by atoms with Crippen LogP contribution in [0, 0.1) is 0 Å². The first-order valence-electron chi connectivity index (χ1n) is 9.63. The van der Waals surface area contributed by atoms with Gasteiger partial charge in [0.1, 0.15) is 11.8 Å². The molecule has 1 aliphatic heterocycles. The Kier molecular flexibility index (Phi) is 6.73. The molecular weight excluding hydrogens is 352 g/mol. The number of hydrogen-bond acceptors (Lipinski definition) is 6. The highest BCUT2D eigenvalue weighted by atomic mass is 16.5. The van der Waals surface area contributed by atoms with E-state index >= 15 is 0 Å². The molecule has 0 bridgehead atoms. The molecule has 4 heterocycles. The molecule has 4 aromatic rings. The Morgan fingerprint density at radius 2 is 1.75 bits per heavy atom. The van der Waals surface area contributed by atoms with E-state index in [0.29, 0.717) is 5.88 Å². The lowest BCUT2D eigenvalue weighted by Gasteiger charge is -2.15. The van der Waals surface area contributed by atoms with E-state index in [9.17, 15) is 0 Å². The Morgan fingerprint density at radius 1 is 0.964 bits per heavy atom. The van der Waals surface area contributed by atoms with Gasteiger partial charge in [-0.3, -0.25) is 0 Å². The first-order chi connectivity index (χ1) is 13.9. The zero-order chi connectivity index (χ0) is 19.8. The van der Waals surface area contributed by atoms with Crippen molar-refractivity contribution in [3.8, 4) is 5.88 Å². The number of methoxy groups -OCH3 is 1. The van der Waals surface area contributed by atoms with Gasteiger partial charge in [-0.05, 0) is 30.4 Å². The van der Waals surface area contributed by atoms with Crippen LogP contribution in [0.25, 0.3) is 21.9 Å². The smallest absolute Gasteiger partial charge is 0.221 e. The summed E-state index contributed by atoms with van der Waals surface area (Å²) in [6.07, 6.45) is 7.50. The Bertz CT molecular complexity index is 1000. The number of aromatic amines is 1. The average molecular weight is 378 g/mol. The van der Waals surface area contributed by atoms with Crippen molar-refractivity contribution < 1.29 is 4.74 Å². The molecule has 0 saturated carbocycles. The predicted molar refractivity (Wildman–Crippen MR) is 113 cm³/mol. The summed E-state index contributed by atoms with van der Waals surface area (Å²) in [4.78, 5) is 22.0. The molecule has 7 nitrogen and oxygen atoms in total. The summed E-state index contributed by atoms with van der Waals surface area (Å²) in [7, 11) is 1.63. The van der Waals surface area contributed by atoms with E-state index in [-0.39, 0.29) is 0 Å². The average Bonchev–Trinajstić information content (AvgIpc) is 3.47. The number of imidazole rings is 1.